The van der Waals surface area contributed by atoms with Crippen molar-refractivity contribution in [3.63, 3.8) is 0 Å². The molecule has 4 rings (SSSR count). The van der Waals surface area contributed by atoms with E-state index in [1.807, 2.05) is 54.3 Å². The van der Waals surface area contributed by atoms with Crippen LogP contribution in [0, 0.1) is 6.92 Å². The fraction of sp³-hybridized carbons (Fsp3) is 0.286. The van der Waals surface area contributed by atoms with Gasteiger partial charge in [-0.3, -0.25) is 9.78 Å². The molecule has 0 spiro atoms. The van der Waals surface area contributed by atoms with E-state index in [0.717, 1.165) is 41.3 Å². The number of aryl methyl sites for hydroxylation is 1. The highest BCUT2D eigenvalue weighted by molar-refractivity contribution is 5.99. The van der Waals surface area contributed by atoms with Crippen LogP contribution >= 0.6 is 0 Å². The molecule has 1 aliphatic rings. The van der Waals surface area contributed by atoms with E-state index in [9.17, 15) is 4.79 Å². The molecule has 0 N–H and O–H groups in total. The van der Waals surface area contributed by atoms with Crippen molar-refractivity contribution in [1.29, 1.82) is 0 Å². The predicted octanol–water partition coefficient (Wildman–Crippen LogP) is 2.91. The van der Waals surface area contributed by atoms with Gasteiger partial charge in [-0.15, -0.1) is 0 Å². The second-order valence-electron chi connectivity index (χ2n) is 6.65. The van der Waals surface area contributed by atoms with Crippen molar-refractivity contribution in [2.45, 2.75) is 6.92 Å². The molecule has 1 aliphatic heterocycles. The fourth-order valence-electron chi connectivity index (χ4n) is 3.44. The number of amides is 1. The van der Waals surface area contributed by atoms with Gasteiger partial charge in [0.05, 0.1) is 23.9 Å². The molecule has 1 aromatic carbocycles. The van der Waals surface area contributed by atoms with Gasteiger partial charge in [-0.2, -0.15) is 0 Å². The highest BCUT2D eigenvalue weighted by Crippen LogP contribution is 2.23. The lowest BCUT2D eigenvalue weighted by molar-refractivity contribution is 0.0745. The molecule has 3 aromatic rings. The first-order valence-electron chi connectivity index (χ1n) is 9.06. The van der Waals surface area contributed by atoms with Gasteiger partial charge in [-0.05, 0) is 37.3 Å². The normalized spacial score (nSPS) is 14.4. The van der Waals surface area contributed by atoms with Gasteiger partial charge < -0.3 is 14.5 Å². The van der Waals surface area contributed by atoms with Gasteiger partial charge in [0, 0.05) is 43.8 Å². The molecular weight excluding hydrogens is 340 g/mol. The summed E-state index contributed by atoms with van der Waals surface area (Å²) >= 11 is 0. The summed E-state index contributed by atoms with van der Waals surface area (Å²) in [5.41, 5.74) is 2.25. The lowest BCUT2D eigenvalue weighted by Crippen LogP contribution is -2.49. The van der Waals surface area contributed by atoms with Crippen LogP contribution in [-0.2, 0) is 0 Å². The Balaban J connectivity index is 1.52. The van der Waals surface area contributed by atoms with Crippen LogP contribution < -0.4 is 9.64 Å². The molecular formula is C21H22N4O2. The molecule has 0 atom stereocenters. The minimum atomic E-state index is 0.0402. The molecule has 138 valence electrons. The standard InChI is InChI=1S/C21H22N4O2/c1-15-18(13-16-6-7-17(27-2)14-19(16)23-15)21(26)25-11-9-24(10-12-25)20-5-3-4-8-22-20/h3-8,13-14H,9-12H2,1-2H3. The smallest absolute Gasteiger partial charge is 0.255 e. The molecule has 1 amide bonds. The van der Waals surface area contributed by atoms with Crippen molar-refractivity contribution >= 4 is 22.6 Å². The Morgan fingerprint density at radius 2 is 1.89 bits per heavy atom. The van der Waals surface area contributed by atoms with E-state index < -0.39 is 0 Å². The van der Waals surface area contributed by atoms with Crippen LogP contribution in [0.2, 0.25) is 0 Å². The number of fused-ring (bicyclic) bond motifs is 1. The zero-order chi connectivity index (χ0) is 18.8. The zero-order valence-electron chi connectivity index (χ0n) is 15.6. The average molecular weight is 362 g/mol. The monoisotopic (exact) mass is 362 g/mol. The second-order valence-corrected chi connectivity index (χ2v) is 6.65. The van der Waals surface area contributed by atoms with E-state index in [4.69, 9.17) is 4.74 Å². The van der Waals surface area contributed by atoms with Crippen molar-refractivity contribution in [3.8, 4) is 5.75 Å². The zero-order valence-corrected chi connectivity index (χ0v) is 15.6. The first-order valence-corrected chi connectivity index (χ1v) is 9.06. The SMILES string of the molecule is COc1ccc2cc(C(=O)N3CCN(c4ccccn4)CC3)c(C)nc2c1. The summed E-state index contributed by atoms with van der Waals surface area (Å²) in [7, 11) is 1.64. The molecule has 0 bridgehead atoms. The number of carbonyl (C=O) groups is 1. The van der Waals surface area contributed by atoms with Crippen molar-refractivity contribution in [2.75, 3.05) is 38.2 Å². The van der Waals surface area contributed by atoms with Crippen LogP contribution in [0.25, 0.3) is 10.9 Å². The number of nitrogens with zero attached hydrogens (tertiary/aromatic N) is 4. The number of benzene rings is 1. The summed E-state index contributed by atoms with van der Waals surface area (Å²) in [6.45, 7) is 4.79. The van der Waals surface area contributed by atoms with E-state index in [1.54, 1.807) is 13.3 Å². The highest BCUT2D eigenvalue weighted by Gasteiger charge is 2.24. The maximum absolute atomic E-state index is 13.1. The molecule has 27 heavy (non-hydrogen) atoms. The first kappa shape index (κ1) is 17.3. The number of pyridine rings is 2. The van der Waals surface area contributed by atoms with E-state index in [1.165, 1.54) is 0 Å². The topological polar surface area (TPSA) is 58.6 Å². The average Bonchev–Trinajstić information content (AvgIpc) is 2.73. The fourth-order valence-corrected chi connectivity index (χ4v) is 3.44. The highest BCUT2D eigenvalue weighted by atomic mass is 16.5. The molecule has 0 unspecified atom stereocenters. The van der Waals surface area contributed by atoms with Crippen LogP contribution in [0.1, 0.15) is 16.1 Å². The summed E-state index contributed by atoms with van der Waals surface area (Å²) < 4.78 is 5.26. The summed E-state index contributed by atoms with van der Waals surface area (Å²) in [5, 5.41) is 0.942. The Morgan fingerprint density at radius 3 is 2.59 bits per heavy atom. The third-order valence-electron chi connectivity index (χ3n) is 4.99. The third kappa shape index (κ3) is 3.43. The van der Waals surface area contributed by atoms with Gasteiger partial charge in [0.15, 0.2) is 0 Å². The van der Waals surface area contributed by atoms with Gasteiger partial charge in [-0.25, -0.2) is 4.98 Å². The summed E-state index contributed by atoms with van der Waals surface area (Å²) in [6, 6.07) is 13.6. The minimum Gasteiger partial charge on any atom is -0.497 e. The lowest BCUT2D eigenvalue weighted by Gasteiger charge is -2.35. The minimum absolute atomic E-state index is 0.0402. The maximum atomic E-state index is 13.1. The van der Waals surface area contributed by atoms with Crippen molar-refractivity contribution in [1.82, 2.24) is 14.9 Å². The molecule has 1 fully saturated rings. The Hall–Kier alpha value is -3.15. The molecule has 3 heterocycles. The van der Waals surface area contributed by atoms with Gasteiger partial charge in [0.25, 0.3) is 5.91 Å². The number of piperazine rings is 1. The van der Waals surface area contributed by atoms with Crippen LogP contribution in [0.3, 0.4) is 0 Å². The van der Waals surface area contributed by atoms with Gasteiger partial charge in [0.2, 0.25) is 0 Å². The Kier molecular flexibility index (Phi) is 4.62. The number of aromatic nitrogens is 2. The third-order valence-corrected chi connectivity index (χ3v) is 4.99. The number of carbonyl (C=O) groups excluding carboxylic acids is 1. The number of anilines is 1. The Bertz CT molecular complexity index is 967. The molecule has 2 aromatic heterocycles. The number of rotatable bonds is 3. The van der Waals surface area contributed by atoms with E-state index in [-0.39, 0.29) is 5.91 Å². The number of hydrogen-bond donors (Lipinski definition) is 0. The Labute approximate surface area is 158 Å². The first-order chi connectivity index (χ1) is 13.2. The van der Waals surface area contributed by atoms with E-state index in [0.29, 0.717) is 18.7 Å². The van der Waals surface area contributed by atoms with E-state index >= 15 is 0 Å². The molecule has 1 saturated heterocycles. The van der Waals surface area contributed by atoms with Crippen LogP contribution in [-0.4, -0.2) is 54.1 Å². The maximum Gasteiger partial charge on any atom is 0.255 e. The number of hydrogen-bond acceptors (Lipinski definition) is 5. The molecule has 6 nitrogen and oxygen atoms in total. The summed E-state index contributed by atoms with van der Waals surface area (Å²) in [4.78, 5) is 26.2. The van der Waals surface area contributed by atoms with Crippen LogP contribution in [0.4, 0.5) is 5.82 Å². The van der Waals surface area contributed by atoms with Gasteiger partial charge in [0.1, 0.15) is 11.6 Å². The molecule has 0 saturated carbocycles. The second kappa shape index (κ2) is 7.23. The predicted molar refractivity (Wildman–Crippen MR) is 105 cm³/mol. The molecule has 0 aliphatic carbocycles. The Morgan fingerprint density at radius 1 is 1.07 bits per heavy atom. The van der Waals surface area contributed by atoms with E-state index in [2.05, 4.69) is 14.9 Å². The lowest BCUT2D eigenvalue weighted by atomic mass is 10.1. The van der Waals surface area contributed by atoms with Crippen molar-refractivity contribution in [2.24, 2.45) is 0 Å². The molecule has 0 radical (unpaired) electrons. The largest absolute Gasteiger partial charge is 0.497 e. The quantitative estimate of drug-likeness (QED) is 0.717. The summed E-state index contributed by atoms with van der Waals surface area (Å²) in [6.07, 6.45) is 1.80. The van der Waals surface area contributed by atoms with Crippen LogP contribution in [0.5, 0.6) is 5.75 Å². The van der Waals surface area contributed by atoms with Crippen LogP contribution in [0.15, 0.2) is 48.7 Å². The van der Waals surface area contributed by atoms with Crippen molar-refractivity contribution < 1.29 is 9.53 Å². The number of ether oxygens (including phenoxy) is 1. The number of methoxy groups -OCH3 is 1. The summed E-state index contributed by atoms with van der Waals surface area (Å²) in [5.74, 6) is 1.76. The van der Waals surface area contributed by atoms with Gasteiger partial charge in [-0.1, -0.05) is 6.07 Å². The van der Waals surface area contributed by atoms with Crippen molar-refractivity contribution in [3.05, 3.63) is 59.9 Å². The van der Waals surface area contributed by atoms with Gasteiger partial charge >= 0.3 is 0 Å². The molecule has 6 heteroatoms.